The van der Waals surface area contributed by atoms with Crippen LogP contribution in [0.3, 0.4) is 0 Å². The van der Waals surface area contributed by atoms with Crippen molar-refractivity contribution in [2.45, 2.75) is 0 Å². The van der Waals surface area contributed by atoms with Crippen LogP contribution in [-0.4, -0.2) is 24.9 Å². The zero-order valence-corrected chi connectivity index (χ0v) is 7.90. The highest BCUT2D eigenvalue weighted by Crippen LogP contribution is 2.09. The first-order valence-corrected chi connectivity index (χ1v) is 4.14. The van der Waals surface area contributed by atoms with Gasteiger partial charge in [0, 0.05) is 20.5 Å². The summed E-state index contributed by atoms with van der Waals surface area (Å²) in [5.41, 5.74) is 1.04. The van der Waals surface area contributed by atoms with E-state index in [9.17, 15) is 4.79 Å². The Morgan fingerprint density at radius 2 is 2.23 bits per heavy atom. The van der Waals surface area contributed by atoms with Gasteiger partial charge in [-0.3, -0.25) is 4.79 Å². The predicted molar refractivity (Wildman–Crippen MR) is 53.7 cm³/mol. The predicted octanol–water partition coefficient (Wildman–Crippen LogP) is 1.54. The number of rotatable bonds is 2. The molecule has 69 valence electrons. The van der Waals surface area contributed by atoms with Gasteiger partial charge >= 0.3 is 0 Å². The molecule has 0 aromatic heterocycles. The molecule has 13 heavy (non-hydrogen) atoms. The topological polar surface area (TPSA) is 20.3 Å². The van der Waals surface area contributed by atoms with Gasteiger partial charge in [0.05, 0.1) is 0 Å². The van der Waals surface area contributed by atoms with Gasteiger partial charge in [-0.1, -0.05) is 0 Å². The average molecular weight is 175 g/mol. The van der Waals surface area contributed by atoms with Gasteiger partial charge < -0.3 is 4.90 Å². The fourth-order valence-electron chi connectivity index (χ4n) is 0.881. The number of carbonyl (C=O) groups excluding carboxylic acids is 1. The summed E-state index contributed by atoms with van der Waals surface area (Å²) in [5, 5.41) is 0. The third kappa shape index (κ3) is 3.20. The summed E-state index contributed by atoms with van der Waals surface area (Å²) in [7, 11) is 3.47. The van der Waals surface area contributed by atoms with E-state index in [1.165, 1.54) is 0 Å². The summed E-state index contributed by atoms with van der Waals surface area (Å²) < 4.78 is 0. The molecule has 2 nitrogen and oxygen atoms in total. The molecule has 1 aliphatic rings. The maximum atomic E-state index is 11.2. The first kappa shape index (κ1) is 9.65. The third-order valence-corrected chi connectivity index (χ3v) is 1.66. The van der Waals surface area contributed by atoms with Crippen molar-refractivity contribution in [2.75, 3.05) is 14.1 Å². The Labute approximate surface area is 79.2 Å². The SMILES string of the molecule is CN(C)C(=O)[CH]/C=C1/C=CC=C[CH-]1. The standard InChI is InChI=1S/C11H13NO/c1-12(2)11(13)9-8-10-6-4-3-5-7-10/h3-9H,1-2H3/q-1. The zero-order valence-electron chi connectivity index (χ0n) is 7.90. The summed E-state index contributed by atoms with van der Waals surface area (Å²) in [6.07, 6.45) is 13.1. The molecule has 1 radical (unpaired) electrons. The molecule has 2 heteroatoms. The summed E-state index contributed by atoms with van der Waals surface area (Å²) >= 11 is 0. The second-order valence-corrected chi connectivity index (χ2v) is 2.98. The van der Waals surface area contributed by atoms with Crippen LogP contribution in [0.2, 0.25) is 0 Å². The summed E-state index contributed by atoms with van der Waals surface area (Å²) in [5.74, 6) is 0.00357. The van der Waals surface area contributed by atoms with Crippen molar-refractivity contribution in [3.8, 4) is 0 Å². The van der Waals surface area contributed by atoms with Gasteiger partial charge in [-0.2, -0.15) is 5.57 Å². The highest BCUT2D eigenvalue weighted by Gasteiger charge is 1.98. The van der Waals surface area contributed by atoms with Crippen LogP contribution in [0.5, 0.6) is 0 Å². The van der Waals surface area contributed by atoms with E-state index >= 15 is 0 Å². The van der Waals surface area contributed by atoms with Crippen LogP contribution in [0, 0.1) is 12.8 Å². The van der Waals surface area contributed by atoms with E-state index in [1.807, 2.05) is 36.8 Å². The monoisotopic (exact) mass is 175 g/mol. The number of carbonyl (C=O) groups is 1. The quantitative estimate of drug-likeness (QED) is 0.583. The first-order chi connectivity index (χ1) is 6.20. The lowest BCUT2D eigenvalue weighted by molar-refractivity contribution is -0.124. The lowest BCUT2D eigenvalue weighted by atomic mass is 10.1. The van der Waals surface area contributed by atoms with Crippen molar-refractivity contribution in [3.05, 3.63) is 48.8 Å². The fourth-order valence-corrected chi connectivity index (χ4v) is 0.881. The average Bonchev–Trinajstić information content (AvgIpc) is 2.15. The van der Waals surface area contributed by atoms with E-state index in [2.05, 4.69) is 0 Å². The third-order valence-electron chi connectivity index (χ3n) is 1.66. The van der Waals surface area contributed by atoms with Crippen LogP contribution in [0.15, 0.2) is 36.0 Å². The molecule has 0 bridgehead atoms. The second kappa shape index (κ2) is 4.55. The van der Waals surface area contributed by atoms with Gasteiger partial charge in [-0.05, 0) is 0 Å². The van der Waals surface area contributed by atoms with Crippen LogP contribution < -0.4 is 0 Å². The van der Waals surface area contributed by atoms with E-state index in [-0.39, 0.29) is 5.91 Å². The van der Waals surface area contributed by atoms with E-state index in [1.54, 1.807) is 25.4 Å². The second-order valence-electron chi connectivity index (χ2n) is 2.98. The summed E-state index contributed by atoms with van der Waals surface area (Å²) in [6, 6.07) is 0. The van der Waals surface area contributed by atoms with Crippen LogP contribution in [0.1, 0.15) is 0 Å². The summed E-state index contributed by atoms with van der Waals surface area (Å²) in [4.78, 5) is 12.7. The van der Waals surface area contributed by atoms with Gasteiger partial charge in [-0.15, -0.1) is 36.8 Å². The normalized spacial score (nSPS) is 17.2. The van der Waals surface area contributed by atoms with E-state index in [0.29, 0.717) is 0 Å². The molecule has 0 heterocycles. The molecule has 0 spiro atoms. The molecular formula is C11H13NO-. The highest BCUT2D eigenvalue weighted by molar-refractivity contribution is 5.86. The Balaban J connectivity index is 2.44. The van der Waals surface area contributed by atoms with Crippen LogP contribution in [-0.2, 0) is 4.79 Å². The number of allylic oxidation sites excluding steroid dienone is 5. The van der Waals surface area contributed by atoms with Gasteiger partial charge in [-0.25, -0.2) is 0 Å². The highest BCUT2D eigenvalue weighted by atomic mass is 16.2. The Kier molecular flexibility index (Phi) is 3.38. The number of nitrogens with zero attached hydrogens (tertiary/aromatic N) is 1. The Morgan fingerprint density at radius 3 is 2.77 bits per heavy atom. The van der Waals surface area contributed by atoms with Gasteiger partial charge in [0.25, 0.3) is 0 Å². The molecule has 0 fully saturated rings. The maximum Gasteiger partial charge on any atom is 0.220 e. The van der Waals surface area contributed by atoms with E-state index in [4.69, 9.17) is 0 Å². The number of hydrogen-bond donors (Lipinski definition) is 0. The van der Waals surface area contributed by atoms with Gasteiger partial charge in [0.2, 0.25) is 5.91 Å². The smallest absolute Gasteiger partial charge is 0.220 e. The molecule has 1 aliphatic carbocycles. The summed E-state index contributed by atoms with van der Waals surface area (Å²) in [6.45, 7) is 0. The van der Waals surface area contributed by atoms with Crippen molar-refractivity contribution in [1.82, 2.24) is 4.90 Å². The van der Waals surface area contributed by atoms with Crippen molar-refractivity contribution in [1.29, 1.82) is 0 Å². The van der Waals surface area contributed by atoms with Gasteiger partial charge in [0.1, 0.15) is 0 Å². The molecule has 1 rings (SSSR count). The van der Waals surface area contributed by atoms with Crippen molar-refractivity contribution in [3.63, 3.8) is 0 Å². The first-order valence-electron chi connectivity index (χ1n) is 4.14. The molecule has 0 unspecified atom stereocenters. The lowest BCUT2D eigenvalue weighted by Gasteiger charge is -2.12. The maximum absolute atomic E-state index is 11.2. The zero-order chi connectivity index (χ0) is 9.68. The Bertz CT molecular complexity index is 272. The minimum atomic E-state index is 0.00357. The molecule has 0 aromatic rings. The fraction of sp³-hybridized carbons (Fsp3) is 0.182. The molecule has 0 atom stereocenters. The molecule has 0 aromatic carbocycles. The molecule has 0 aliphatic heterocycles. The minimum Gasteiger partial charge on any atom is -0.349 e. The van der Waals surface area contributed by atoms with Crippen molar-refractivity contribution < 1.29 is 4.79 Å². The van der Waals surface area contributed by atoms with Crippen LogP contribution in [0.4, 0.5) is 0 Å². The molecule has 0 saturated heterocycles. The minimum absolute atomic E-state index is 0.00357. The number of hydrogen-bond acceptors (Lipinski definition) is 1. The molecule has 1 amide bonds. The lowest BCUT2D eigenvalue weighted by Crippen LogP contribution is -2.21. The largest absolute Gasteiger partial charge is 0.349 e. The molecular weight excluding hydrogens is 162 g/mol. The Hall–Kier alpha value is -1.44. The number of amides is 1. The molecule has 0 N–H and O–H groups in total. The Morgan fingerprint density at radius 1 is 1.46 bits per heavy atom. The van der Waals surface area contributed by atoms with Crippen LogP contribution >= 0.6 is 0 Å². The van der Waals surface area contributed by atoms with Crippen LogP contribution in [0.25, 0.3) is 0 Å². The molecule has 0 saturated carbocycles. The van der Waals surface area contributed by atoms with E-state index in [0.717, 1.165) is 5.57 Å². The van der Waals surface area contributed by atoms with Crippen molar-refractivity contribution in [2.24, 2.45) is 0 Å². The van der Waals surface area contributed by atoms with Gasteiger partial charge in [0.15, 0.2) is 0 Å². The van der Waals surface area contributed by atoms with Crippen molar-refractivity contribution >= 4 is 5.91 Å². The van der Waals surface area contributed by atoms with E-state index < -0.39 is 0 Å².